The van der Waals surface area contributed by atoms with Gasteiger partial charge in [0.1, 0.15) is 4.90 Å². The number of nitrogens with one attached hydrogen (secondary N) is 2. The molecule has 0 saturated carbocycles. The van der Waals surface area contributed by atoms with Gasteiger partial charge in [0.25, 0.3) is 10.0 Å². The monoisotopic (exact) mass is 317 g/mol. The van der Waals surface area contributed by atoms with Gasteiger partial charge in [0, 0.05) is 6.20 Å². The molecule has 0 saturated heterocycles. The van der Waals surface area contributed by atoms with E-state index in [-0.39, 0.29) is 10.7 Å². The SMILES string of the molecule is Nc1cnc(NS(=O)(=O)c2cn[nH]c2)c(Br)c1. The Morgan fingerprint density at radius 3 is 2.76 bits per heavy atom. The van der Waals surface area contributed by atoms with Gasteiger partial charge in [-0.2, -0.15) is 5.10 Å². The third-order valence-corrected chi connectivity index (χ3v) is 3.79. The Morgan fingerprint density at radius 2 is 2.18 bits per heavy atom. The van der Waals surface area contributed by atoms with Crippen molar-refractivity contribution in [2.45, 2.75) is 4.90 Å². The maximum atomic E-state index is 11.8. The molecule has 0 spiro atoms. The Hall–Kier alpha value is -1.61. The maximum absolute atomic E-state index is 11.8. The summed E-state index contributed by atoms with van der Waals surface area (Å²) in [6.07, 6.45) is 3.83. The molecule has 9 heteroatoms. The molecule has 0 radical (unpaired) electrons. The molecule has 0 bridgehead atoms. The minimum Gasteiger partial charge on any atom is -0.397 e. The molecule has 0 amide bonds. The van der Waals surface area contributed by atoms with Crippen LogP contribution in [0.4, 0.5) is 11.5 Å². The van der Waals surface area contributed by atoms with E-state index in [2.05, 4.69) is 35.8 Å². The van der Waals surface area contributed by atoms with Gasteiger partial charge in [0.15, 0.2) is 5.82 Å². The summed E-state index contributed by atoms with van der Waals surface area (Å²) in [5.41, 5.74) is 5.93. The van der Waals surface area contributed by atoms with Crippen molar-refractivity contribution in [3.8, 4) is 0 Å². The molecule has 2 aromatic rings. The van der Waals surface area contributed by atoms with E-state index in [1.165, 1.54) is 18.6 Å². The van der Waals surface area contributed by atoms with Gasteiger partial charge in [-0.25, -0.2) is 13.4 Å². The lowest BCUT2D eigenvalue weighted by Crippen LogP contribution is -2.13. The van der Waals surface area contributed by atoms with Crippen LogP contribution in [0.3, 0.4) is 0 Å². The molecule has 17 heavy (non-hydrogen) atoms. The van der Waals surface area contributed by atoms with Crippen LogP contribution in [0.5, 0.6) is 0 Å². The van der Waals surface area contributed by atoms with Crippen molar-refractivity contribution < 1.29 is 8.42 Å². The number of sulfonamides is 1. The van der Waals surface area contributed by atoms with Crippen LogP contribution < -0.4 is 10.5 Å². The molecule has 7 nitrogen and oxygen atoms in total. The summed E-state index contributed by atoms with van der Waals surface area (Å²) in [6, 6.07) is 1.56. The lowest BCUT2D eigenvalue weighted by Gasteiger charge is -2.07. The number of nitrogens with zero attached hydrogens (tertiary/aromatic N) is 2. The second-order valence-corrected chi connectivity index (χ2v) is 5.68. The number of aromatic amines is 1. The summed E-state index contributed by atoms with van der Waals surface area (Å²) in [5, 5.41) is 5.99. The first kappa shape index (κ1) is 11.9. The van der Waals surface area contributed by atoms with Crippen LogP contribution in [0, 0.1) is 0 Å². The van der Waals surface area contributed by atoms with Gasteiger partial charge in [0.05, 0.1) is 22.6 Å². The molecule has 2 heterocycles. The first-order valence-electron chi connectivity index (χ1n) is 4.41. The highest BCUT2D eigenvalue weighted by atomic mass is 79.9. The fraction of sp³-hybridized carbons (Fsp3) is 0. The smallest absolute Gasteiger partial charge is 0.266 e. The summed E-state index contributed by atoms with van der Waals surface area (Å²) in [5.74, 6) is 0.167. The van der Waals surface area contributed by atoms with E-state index in [0.29, 0.717) is 10.2 Å². The van der Waals surface area contributed by atoms with E-state index in [1.807, 2.05) is 0 Å². The van der Waals surface area contributed by atoms with Crippen molar-refractivity contribution in [2.24, 2.45) is 0 Å². The van der Waals surface area contributed by atoms with Gasteiger partial charge >= 0.3 is 0 Å². The van der Waals surface area contributed by atoms with E-state index < -0.39 is 10.0 Å². The Balaban J connectivity index is 2.33. The van der Waals surface area contributed by atoms with Gasteiger partial charge in [-0.3, -0.25) is 9.82 Å². The number of hydrogen-bond donors (Lipinski definition) is 3. The van der Waals surface area contributed by atoms with Gasteiger partial charge in [0.2, 0.25) is 0 Å². The molecule has 2 rings (SSSR count). The van der Waals surface area contributed by atoms with Gasteiger partial charge in [-0.05, 0) is 22.0 Å². The average molecular weight is 318 g/mol. The highest BCUT2D eigenvalue weighted by Gasteiger charge is 2.17. The quantitative estimate of drug-likeness (QED) is 0.779. The number of nitrogens with two attached hydrogens (primary N) is 1. The molecule has 0 fully saturated rings. The number of halogens is 1. The maximum Gasteiger partial charge on any atom is 0.266 e. The number of aromatic nitrogens is 3. The van der Waals surface area contributed by atoms with Crippen molar-refractivity contribution >= 4 is 37.5 Å². The third kappa shape index (κ3) is 2.56. The summed E-state index contributed by atoms with van der Waals surface area (Å²) < 4.78 is 26.5. The van der Waals surface area contributed by atoms with Crippen molar-refractivity contribution in [3.05, 3.63) is 29.1 Å². The van der Waals surface area contributed by atoms with Crippen molar-refractivity contribution in [1.29, 1.82) is 0 Å². The van der Waals surface area contributed by atoms with Gasteiger partial charge < -0.3 is 5.73 Å². The number of nitrogen functional groups attached to an aromatic ring is 1. The normalized spacial score (nSPS) is 11.4. The van der Waals surface area contributed by atoms with Crippen LogP contribution >= 0.6 is 15.9 Å². The molecule has 0 atom stereocenters. The number of anilines is 2. The molecule has 0 unspecified atom stereocenters. The summed E-state index contributed by atoms with van der Waals surface area (Å²) in [7, 11) is -3.68. The number of hydrogen-bond acceptors (Lipinski definition) is 5. The fourth-order valence-electron chi connectivity index (χ4n) is 1.10. The summed E-state index contributed by atoms with van der Waals surface area (Å²) >= 11 is 3.17. The van der Waals surface area contributed by atoms with E-state index in [0.717, 1.165) is 0 Å². The molecular weight excluding hydrogens is 310 g/mol. The fourth-order valence-corrected chi connectivity index (χ4v) is 2.63. The zero-order chi connectivity index (χ0) is 12.5. The molecule has 90 valence electrons. The Morgan fingerprint density at radius 1 is 1.41 bits per heavy atom. The second kappa shape index (κ2) is 4.34. The molecule has 0 aliphatic heterocycles. The predicted octanol–water partition coefficient (Wildman–Crippen LogP) is 0.950. The Kier molecular flexibility index (Phi) is 3.03. The van der Waals surface area contributed by atoms with Crippen LogP contribution in [-0.2, 0) is 10.0 Å². The van der Waals surface area contributed by atoms with E-state index >= 15 is 0 Å². The summed E-state index contributed by atoms with van der Waals surface area (Å²) in [6.45, 7) is 0. The number of H-pyrrole nitrogens is 1. The predicted molar refractivity (Wildman–Crippen MR) is 65.7 cm³/mol. The second-order valence-electron chi connectivity index (χ2n) is 3.14. The molecule has 0 aliphatic rings. The number of pyridine rings is 1. The highest BCUT2D eigenvalue weighted by molar-refractivity contribution is 9.10. The lowest BCUT2D eigenvalue weighted by atomic mass is 10.4. The van der Waals surface area contributed by atoms with Gasteiger partial charge in [-0.15, -0.1) is 0 Å². The zero-order valence-corrected chi connectivity index (χ0v) is 10.8. The van der Waals surface area contributed by atoms with Crippen LogP contribution in [0.25, 0.3) is 0 Å². The van der Waals surface area contributed by atoms with Gasteiger partial charge in [-0.1, -0.05) is 0 Å². The largest absolute Gasteiger partial charge is 0.397 e. The first-order chi connectivity index (χ1) is 7.99. The van der Waals surface area contributed by atoms with Crippen molar-refractivity contribution in [1.82, 2.24) is 15.2 Å². The molecule has 2 aromatic heterocycles. The highest BCUT2D eigenvalue weighted by Crippen LogP contribution is 2.24. The molecule has 0 aromatic carbocycles. The Bertz CT molecular complexity index is 625. The minimum absolute atomic E-state index is 0.0306. The molecule has 4 N–H and O–H groups in total. The summed E-state index contributed by atoms with van der Waals surface area (Å²) in [4.78, 5) is 3.91. The van der Waals surface area contributed by atoms with Crippen LogP contribution in [0.2, 0.25) is 0 Å². The third-order valence-electron chi connectivity index (χ3n) is 1.88. The Labute approximate surface area is 106 Å². The van der Waals surface area contributed by atoms with E-state index in [1.54, 1.807) is 6.07 Å². The molecule has 0 aliphatic carbocycles. The average Bonchev–Trinajstić information content (AvgIpc) is 2.76. The van der Waals surface area contributed by atoms with Crippen molar-refractivity contribution in [2.75, 3.05) is 10.5 Å². The van der Waals surface area contributed by atoms with Crippen molar-refractivity contribution in [3.63, 3.8) is 0 Å². The van der Waals surface area contributed by atoms with E-state index in [9.17, 15) is 8.42 Å². The number of rotatable bonds is 3. The zero-order valence-electron chi connectivity index (χ0n) is 8.38. The minimum atomic E-state index is -3.68. The van der Waals surface area contributed by atoms with Crippen LogP contribution in [0.15, 0.2) is 34.0 Å². The van der Waals surface area contributed by atoms with Crippen LogP contribution in [-0.4, -0.2) is 23.6 Å². The first-order valence-corrected chi connectivity index (χ1v) is 6.69. The van der Waals surface area contributed by atoms with Crippen LogP contribution in [0.1, 0.15) is 0 Å². The standard InChI is InChI=1S/C8H8BrN5O2S/c9-7-1-5(10)2-11-8(7)14-17(15,16)6-3-12-13-4-6/h1-4H,10H2,(H,11,14)(H,12,13). The van der Waals surface area contributed by atoms with E-state index in [4.69, 9.17) is 5.73 Å². The molecular formula is C8H8BrN5O2S. The lowest BCUT2D eigenvalue weighted by molar-refractivity contribution is 0.601. The topological polar surface area (TPSA) is 114 Å².